The second-order valence-electron chi connectivity index (χ2n) is 4.45. The first-order valence-corrected chi connectivity index (χ1v) is 6.79. The van der Waals surface area contributed by atoms with Crippen LogP contribution in [0.4, 0.5) is 0 Å². The molecular formula is C15H21NO5. The number of hydrogen-bond donors (Lipinski definition) is 2. The number of carbonyl (C=O) groups excluding carboxylic acids is 1. The highest BCUT2D eigenvalue weighted by Gasteiger charge is 2.11. The van der Waals surface area contributed by atoms with Crippen LogP contribution in [0.2, 0.25) is 0 Å². The first-order chi connectivity index (χ1) is 10.1. The van der Waals surface area contributed by atoms with E-state index in [-0.39, 0.29) is 17.9 Å². The molecule has 1 rings (SSSR count). The average Bonchev–Trinajstić information content (AvgIpc) is 2.46. The van der Waals surface area contributed by atoms with Crippen LogP contribution >= 0.6 is 0 Å². The lowest BCUT2D eigenvalue weighted by Crippen LogP contribution is -2.27. The van der Waals surface area contributed by atoms with Gasteiger partial charge in [-0.25, -0.2) is 4.79 Å². The van der Waals surface area contributed by atoms with Crippen molar-refractivity contribution in [2.75, 3.05) is 33.5 Å². The van der Waals surface area contributed by atoms with Gasteiger partial charge in [0.25, 0.3) is 0 Å². The molecule has 0 aromatic heterocycles. The predicted octanol–water partition coefficient (Wildman–Crippen LogP) is 1.10. The first-order valence-electron chi connectivity index (χ1n) is 6.79. The topological polar surface area (TPSA) is 84.9 Å². The predicted molar refractivity (Wildman–Crippen MR) is 77.4 cm³/mol. The van der Waals surface area contributed by atoms with E-state index in [1.807, 2.05) is 0 Å². The Morgan fingerprint density at radius 2 is 1.95 bits per heavy atom. The van der Waals surface area contributed by atoms with Crippen molar-refractivity contribution in [1.82, 2.24) is 5.32 Å². The molecule has 6 heteroatoms. The number of nitrogens with one attached hydrogen (secondary N) is 1. The van der Waals surface area contributed by atoms with E-state index in [1.54, 1.807) is 25.3 Å². The summed E-state index contributed by atoms with van der Waals surface area (Å²) in [6.07, 6.45) is 0.767. The average molecular weight is 295 g/mol. The highest BCUT2D eigenvalue weighted by atomic mass is 16.5. The van der Waals surface area contributed by atoms with Crippen molar-refractivity contribution in [3.05, 3.63) is 35.4 Å². The Morgan fingerprint density at radius 3 is 2.67 bits per heavy atom. The molecule has 1 amide bonds. The Bertz CT molecular complexity index is 461. The van der Waals surface area contributed by atoms with Crippen LogP contribution in [0.3, 0.4) is 0 Å². The Morgan fingerprint density at radius 1 is 1.19 bits per heavy atom. The molecule has 116 valence electrons. The molecule has 0 atom stereocenters. The van der Waals surface area contributed by atoms with Gasteiger partial charge >= 0.3 is 5.97 Å². The van der Waals surface area contributed by atoms with Crippen LogP contribution in [0.5, 0.6) is 0 Å². The number of carboxylic acids is 1. The van der Waals surface area contributed by atoms with E-state index in [0.717, 1.165) is 0 Å². The minimum Gasteiger partial charge on any atom is -0.478 e. The molecule has 0 aliphatic heterocycles. The lowest BCUT2D eigenvalue weighted by atomic mass is 10.0. The summed E-state index contributed by atoms with van der Waals surface area (Å²) in [6.45, 7) is 2.14. The van der Waals surface area contributed by atoms with Crippen molar-refractivity contribution >= 4 is 11.9 Å². The molecule has 0 radical (unpaired) electrons. The maximum Gasteiger partial charge on any atom is 0.335 e. The van der Waals surface area contributed by atoms with Crippen LogP contribution in [-0.2, 0) is 20.7 Å². The molecule has 21 heavy (non-hydrogen) atoms. The normalized spacial score (nSPS) is 10.3. The Hall–Kier alpha value is -1.92. The van der Waals surface area contributed by atoms with Gasteiger partial charge in [-0.15, -0.1) is 0 Å². The molecule has 0 heterocycles. The van der Waals surface area contributed by atoms with Gasteiger partial charge in [0, 0.05) is 20.3 Å². The largest absolute Gasteiger partial charge is 0.478 e. The van der Waals surface area contributed by atoms with E-state index in [2.05, 4.69) is 5.32 Å². The van der Waals surface area contributed by atoms with Crippen molar-refractivity contribution in [3.8, 4) is 0 Å². The van der Waals surface area contributed by atoms with Gasteiger partial charge in [-0.1, -0.05) is 18.2 Å². The molecule has 1 aromatic carbocycles. The molecule has 0 aliphatic rings. The number of methoxy groups -OCH3 is 1. The summed E-state index contributed by atoms with van der Waals surface area (Å²) in [7, 11) is 1.61. The number of amides is 1. The van der Waals surface area contributed by atoms with E-state index < -0.39 is 5.97 Å². The number of carbonyl (C=O) groups is 2. The second-order valence-corrected chi connectivity index (χ2v) is 4.45. The third-order valence-corrected chi connectivity index (χ3v) is 2.82. The van der Waals surface area contributed by atoms with Crippen LogP contribution in [0.1, 0.15) is 22.3 Å². The maximum absolute atomic E-state index is 11.8. The molecule has 0 saturated heterocycles. The first kappa shape index (κ1) is 17.1. The lowest BCUT2D eigenvalue weighted by molar-refractivity contribution is -0.120. The summed E-state index contributed by atoms with van der Waals surface area (Å²) in [5.41, 5.74) is 0.675. The fourth-order valence-corrected chi connectivity index (χ4v) is 1.76. The second kappa shape index (κ2) is 9.90. The molecule has 0 bridgehead atoms. The van der Waals surface area contributed by atoms with Crippen molar-refractivity contribution in [3.63, 3.8) is 0 Å². The zero-order valence-corrected chi connectivity index (χ0v) is 12.1. The number of rotatable bonds is 10. The van der Waals surface area contributed by atoms with Crippen molar-refractivity contribution < 1.29 is 24.2 Å². The standard InChI is InChI=1S/C15H21NO5/c1-20-9-10-21-8-4-7-16-14(17)11-12-5-2-3-6-13(12)15(18)19/h2-3,5-6H,4,7-11H2,1H3,(H,16,17)(H,18,19). The van der Waals surface area contributed by atoms with Crippen LogP contribution in [0.25, 0.3) is 0 Å². The fourth-order valence-electron chi connectivity index (χ4n) is 1.76. The van der Waals surface area contributed by atoms with Crippen LogP contribution in [0, 0.1) is 0 Å². The highest BCUT2D eigenvalue weighted by Crippen LogP contribution is 2.09. The van der Waals surface area contributed by atoms with Crippen molar-refractivity contribution in [1.29, 1.82) is 0 Å². The van der Waals surface area contributed by atoms with Crippen molar-refractivity contribution in [2.24, 2.45) is 0 Å². The zero-order valence-electron chi connectivity index (χ0n) is 12.1. The van der Waals surface area contributed by atoms with Gasteiger partial charge in [0.1, 0.15) is 0 Å². The Kier molecular flexibility index (Phi) is 8.08. The molecular weight excluding hydrogens is 274 g/mol. The fraction of sp³-hybridized carbons (Fsp3) is 0.467. The molecule has 0 saturated carbocycles. The molecule has 0 aliphatic carbocycles. The van der Waals surface area contributed by atoms with Gasteiger partial charge in [-0.2, -0.15) is 0 Å². The van der Waals surface area contributed by atoms with E-state index in [1.165, 1.54) is 6.07 Å². The van der Waals surface area contributed by atoms with Gasteiger partial charge < -0.3 is 19.9 Å². The number of aromatic carboxylic acids is 1. The van der Waals surface area contributed by atoms with E-state index in [0.29, 0.717) is 38.3 Å². The summed E-state index contributed by atoms with van der Waals surface area (Å²) in [4.78, 5) is 22.8. The number of benzene rings is 1. The van der Waals surface area contributed by atoms with Crippen LogP contribution in [-0.4, -0.2) is 50.5 Å². The number of ether oxygens (including phenoxy) is 2. The summed E-state index contributed by atoms with van der Waals surface area (Å²) >= 11 is 0. The lowest BCUT2D eigenvalue weighted by Gasteiger charge is -2.08. The van der Waals surface area contributed by atoms with E-state index in [9.17, 15) is 9.59 Å². The molecule has 2 N–H and O–H groups in total. The molecule has 0 spiro atoms. The summed E-state index contributed by atoms with van der Waals surface area (Å²) in [5, 5.41) is 11.8. The number of carboxylic acid groups (broad SMARTS) is 1. The Labute approximate surface area is 124 Å². The minimum absolute atomic E-state index is 0.0625. The Balaban J connectivity index is 2.27. The monoisotopic (exact) mass is 295 g/mol. The molecule has 0 unspecified atom stereocenters. The van der Waals surface area contributed by atoms with Gasteiger partial charge in [-0.3, -0.25) is 4.79 Å². The summed E-state index contributed by atoms with van der Waals surface area (Å²) in [5.74, 6) is -1.22. The molecule has 6 nitrogen and oxygen atoms in total. The third kappa shape index (κ3) is 6.87. The van der Waals surface area contributed by atoms with E-state index in [4.69, 9.17) is 14.6 Å². The van der Waals surface area contributed by atoms with Gasteiger partial charge in [-0.05, 0) is 18.1 Å². The van der Waals surface area contributed by atoms with Gasteiger partial charge in [0.2, 0.25) is 5.91 Å². The summed E-state index contributed by atoms with van der Waals surface area (Å²) in [6, 6.07) is 6.51. The van der Waals surface area contributed by atoms with E-state index >= 15 is 0 Å². The van der Waals surface area contributed by atoms with Crippen molar-refractivity contribution in [2.45, 2.75) is 12.8 Å². The third-order valence-electron chi connectivity index (χ3n) is 2.82. The highest BCUT2D eigenvalue weighted by molar-refractivity contribution is 5.91. The van der Waals surface area contributed by atoms with Gasteiger partial charge in [0.15, 0.2) is 0 Å². The zero-order chi connectivity index (χ0) is 15.5. The van der Waals surface area contributed by atoms with Crippen LogP contribution in [0.15, 0.2) is 24.3 Å². The van der Waals surface area contributed by atoms with Gasteiger partial charge in [0.05, 0.1) is 25.2 Å². The number of hydrogen-bond acceptors (Lipinski definition) is 4. The maximum atomic E-state index is 11.8. The summed E-state index contributed by atoms with van der Waals surface area (Å²) < 4.78 is 10.1. The molecule has 1 aromatic rings. The van der Waals surface area contributed by atoms with Crippen LogP contribution < -0.4 is 5.32 Å². The molecule has 0 fully saturated rings. The SMILES string of the molecule is COCCOCCCNC(=O)Cc1ccccc1C(=O)O. The smallest absolute Gasteiger partial charge is 0.335 e. The quantitative estimate of drug-likeness (QED) is 0.631. The minimum atomic E-state index is -1.02.